The predicted octanol–water partition coefficient (Wildman–Crippen LogP) is 3.50. The van der Waals surface area contributed by atoms with Gasteiger partial charge in [-0.05, 0) is 45.7 Å². The fraction of sp³-hybridized carbons (Fsp3) is 0.842. The number of carbonyl (C=O) groups excluding carboxylic acids is 1. The third kappa shape index (κ3) is 17.3. The van der Waals surface area contributed by atoms with Gasteiger partial charge in [-0.2, -0.15) is 0 Å². The van der Waals surface area contributed by atoms with E-state index in [9.17, 15) is 4.79 Å². The van der Waals surface area contributed by atoms with Gasteiger partial charge in [0.2, 0.25) is 5.91 Å². The molecule has 0 aromatic carbocycles. The maximum absolute atomic E-state index is 11.6. The van der Waals surface area contributed by atoms with Crippen molar-refractivity contribution in [1.29, 1.82) is 0 Å². The van der Waals surface area contributed by atoms with Gasteiger partial charge in [0.1, 0.15) is 0 Å². The Morgan fingerprint density at radius 2 is 1.65 bits per heavy atom. The van der Waals surface area contributed by atoms with Crippen LogP contribution in [0.4, 0.5) is 0 Å². The van der Waals surface area contributed by atoms with Crippen LogP contribution in [0.1, 0.15) is 70.6 Å². The van der Waals surface area contributed by atoms with Crippen molar-refractivity contribution in [1.82, 2.24) is 10.2 Å². The number of allylic oxidation sites excluding steroid dienone is 1. The highest BCUT2D eigenvalue weighted by molar-refractivity contribution is 5.75. The highest BCUT2D eigenvalue weighted by Crippen LogP contribution is 2.07. The summed E-state index contributed by atoms with van der Waals surface area (Å²) in [6.45, 7) is 6.79. The lowest BCUT2D eigenvalue weighted by Gasteiger charge is -2.16. The Labute approximate surface area is 143 Å². The van der Waals surface area contributed by atoms with Gasteiger partial charge in [0.25, 0.3) is 0 Å². The highest BCUT2D eigenvalue weighted by Gasteiger charge is 2.02. The fourth-order valence-electron chi connectivity index (χ4n) is 2.54. The molecule has 0 aliphatic rings. The van der Waals surface area contributed by atoms with E-state index >= 15 is 0 Å². The Balaban J connectivity index is 3.31. The molecular weight excluding hydrogens is 288 g/mol. The van der Waals surface area contributed by atoms with E-state index in [4.69, 9.17) is 5.11 Å². The van der Waals surface area contributed by atoms with E-state index in [1.807, 2.05) is 6.08 Å². The summed E-state index contributed by atoms with van der Waals surface area (Å²) in [5.41, 5.74) is 0. The van der Waals surface area contributed by atoms with Crippen molar-refractivity contribution in [2.75, 3.05) is 33.3 Å². The van der Waals surface area contributed by atoms with E-state index in [1.165, 1.54) is 32.1 Å². The van der Waals surface area contributed by atoms with Gasteiger partial charge in [0.15, 0.2) is 0 Å². The van der Waals surface area contributed by atoms with E-state index in [0.717, 1.165) is 51.7 Å². The maximum atomic E-state index is 11.6. The second-order valence-corrected chi connectivity index (χ2v) is 6.39. The molecular formula is C19H38N2O2. The first-order chi connectivity index (χ1) is 11.2. The van der Waals surface area contributed by atoms with Crippen LogP contribution in [-0.2, 0) is 4.79 Å². The molecule has 0 saturated carbocycles. The molecule has 2 N–H and O–H groups in total. The zero-order valence-corrected chi connectivity index (χ0v) is 15.2. The molecule has 23 heavy (non-hydrogen) atoms. The van der Waals surface area contributed by atoms with Gasteiger partial charge >= 0.3 is 0 Å². The molecule has 0 fully saturated rings. The van der Waals surface area contributed by atoms with Crippen molar-refractivity contribution in [2.24, 2.45) is 0 Å². The highest BCUT2D eigenvalue weighted by atomic mass is 16.2. The summed E-state index contributed by atoms with van der Waals surface area (Å²) >= 11 is 0. The van der Waals surface area contributed by atoms with E-state index in [-0.39, 0.29) is 5.91 Å². The Morgan fingerprint density at radius 1 is 1.00 bits per heavy atom. The smallest absolute Gasteiger partial charge is 0.220 e. The predicted molar refractivity (Wildman–Crippen MR) is 98.6 cm³/mol. The molecule has 4 nitrogen and oxygen atoms in total. The molecule has 0 saturated heterocycles. The van der Waals surface area contributed by atoms with Gasteiger partial charge in [0, 0.05) is 26.1 Å². The molecule has 0 unspecified atom stereocenters. The van der Waals surface area contributed by atoms with Crippen LogP contribution in [0.25, 0.3) is 0 Å². The average Bonchev–Trinajstić information content (AvgIpc) is 2.54. The minimum Gasteiger partial charge on any atom is -0.396 e. The first-order valence-electron chi connectivity index (χ1n) is 9.37. The van der Waals surface area contributed by atoms with Crippen molar-refractivity contribution in [2.45, 2.75) is 70.6 Å². The van der Waals surface area contributed by atoms with E-state index < -0.39 is 0 Å². The van der Waals surface area contributed by atoms with Crippen LogP contribution in [0.5, 0.6) is 0 Å². The molecule has 0 aliphatic heterocycles. The number of aliphatic hydroxyl groups excluding tert-OH is 1. The SMILES string of the molecule is C=CCCCCC(=O)NCCN(C)CCCCCCCCCO. The van der Waals surface area contributed by atoms with Crippen LogP contribution in [0.15, 0.2) is 12.7 Å². The average molecular weight is 327 g/mol. The van der Waals surface area contributed by atoms with E-state index in [2.05, 4.69) is 23.8 Å². The molecule has 136 valence electrons. The molecule has 0 atom stereocenters. The molecule has 0 heterocycles. The molecule has 4 heteroatoms. The molecule has 0 radical (unpaired) electrons. The van der Waals surface area contributed by atoms with Crippen LogP contribution in [0.3, 0.4) is 0 Å². The third-order valence-electron chi connectivity index (χ3n) is 4.08. The van der Waals surface area contributed by atoms with Crippen LogP contribution in [-0.4, -0.2) is 49.2 Å². The van der Waals surface area contributed by atoms with Crippen molar-refractivity contribution in [3.05, 3.63) is 12.7 Å². The maximum Gasteiger partial charge on any atom is 0.220 e. The summed E-state index contributed by atoms with van der Waals surface area (Å²) in [6.07, 6.45) is 14.0. The largest absolute Gasteiger partial charge is 0.396 e. The number of rotatable bonds is 17. The second kappa shape index (κ2) is 17.5. The van der Waals surface area contributed by atoms with Crippen molar-refractivity contribution in [3.8, 4) is 0 Å². The molecule has 0 aromatic rings. The summed E-state index contributed by atoms with van der Waals surface area (Å²) in [7, 11) is 2.12. The lowest BCUT2D eigenvalue weighted by Crippen LogP contribution is -2.33. The zero-order valence-electron chi connectivity index (χ0n) is 15.2. The second-order valence-electron chi connectivity index (χ2n) is 6.39. The van der Waals surface area contributed by atoms with Gasteiger partial charge in [0.05, 0.1) is 0 Å². The Kier molecular flexibility index (Phi) is 16.8. The molecule has 0 rings (SSSR count). The van der Waals surface area contributed by atoms with Crippen molar-refractivity contribution < 1.29 is 9.90 Å². The van der Waals surface area contributed by atoms with Crippen molar-refractivity contribution >= 4 is 5.91 Å². The van der Waals surface area contributed by atoms with Crippen molar-refractivity contribution in [3.63, 3.8) is 0 Å². The topological polar surface area (TPSA) is 52.6 Å². The van der Waals surface area contributed by atoms with Crippen LogP contribution < -0.4 is 5.32 Å². The van der Waals surface area contributed by atoms with Gasteiger partial charge in [-0.15, -0.1) is 6.58 Å². The number of hydrogen-bond acceptors (Lipinski definition) is 3. The molecule has 0 spiro atoms. The minimum atomic E-state index is 0.172. The number of likely N-dealkylation sites (N-methyl/N-ethyl adjacent to an activating group) is 1. The number of carbonyl (C=O) groups is 1. The molecule has 0 aromatic heterocycles. The number of hydrogen-bond donors (Lipinski definition) is 2. The molecule has 1 amide bonds. The summed E-state index contributed by atoms with van der Waals surface area (Å²) in [5, 5.41) is 11.7. The summed E-state index contributed by atoms with van der Waals surface area (Å²) in [5.74, 6) is 0.172. The number of amides is 1. The Bertz CT molecular complexity index is 283. The minimum absolute atomic E-state index is 0.172. The lowest BCUT2D eigenvalue weighted by atomic mass is 10.1. The summed E-state index contributed by atoms with van der Waals surface area (Å²) < 4.78 is 0. The first-order valence-corrected chi connectivity index (χ1v) is 9.37. The fourth-order valence-corrected chi connectivity index (χ4v) is 2.54. The number of nitrogens with zero attached hydrogens (tertiary/aromatic N) is 1. The van der Waals surface area contributed by atoms with Gasteiger partial charge in [-0.25, -0.2) is 0 Å². The zero-order chi connectivity index (χ0) is 17.2. The van der Waals surface area contributed by atoms with E-state index in [1.54, 1.807) is 0 Å². The summed E-state index contributed by atoms with van der Waals surface area (Å²) in [4.78, 5) is 13.9. The van der Waals surface area contributed by atoms with Gasteiger partial charge in [-0.3, -0.25) is 4.79 Å². The number of unbranched alkanes of at least 4 members (excludes halogenated alkanes) is 8. The number of aliphatic hydroxyl groups is 1. The third-order valence-corrected chi connectivity index (χ3v) is 4.08. The number of nitrogens with one attached hydrogen (secondary N) is 1. The standard InChI is InChI=1S/C19H38N2O2/c1-3-4-5-11-14-19(23)20-15-17-21(2)16-12-9-7-6-8-10-13-18-22/h3,22H,1,4-18H2,2H3,(H,20,23). The lowest BCUT2D eigenvalue weighted by molar-refractivity contribution is -0.121. The van der Waals surface area contributed by atoms with Crippen LogP contribution in [0, 0.1) is 0 Å². The summed E-state index contributed by atoms with van der Waals surface area (Å²) in [6, 6.07) is 0. The quantitative estimate of drug-likeness (QED) is 0.318. The van der Waals surface area contributed by atoms with Crippen LogP contribution >= 0.6 is 0 Å². The van der Waals surface area contributed by atoms with Crippen LogP contribution in [0.2, 0.25) is 0 Å². The van der Waals surface area contributed by atoms with E-state index in [0.29, 0.717) is 13.0 Å². The normalized spacial score (nSPS) is 10.9. The van der Waals surface area contributed by atoms with Gasteiger partial charge < -0.3 is 15.3 Å². The Morgan fingerprint density at radius 3 is 2.30 bits per heavy atom. The molecule has 0 aliphatic carbocycles. The Hall–Kier alpha value is -0.870. The van der Waals surface area contributed by atoms with Gasteiger partial charge in [-0.1, -0.05) is 38.2 Å². The molecule has 0 bridgehead atoms. The first kappa shape index (κ1) is 22.1. The monoisotopic (exact) mass is 326 g/mol.